The summed E-state index contributed by atoms with van der Waals surface area (Å²) in [6.07, 6.45) is 0.536. The summed E-state index contributed by atoms with van der Waals surface area (Å²) in [6, 6.07) is 17.0. The third kappa shape index (κ3) is 7.59. The van der Waals surface area contributed by atoms with Crippen molar-refractivity contribution in [3.8, 4) is 0 Å². The van der Waals surface area contributed by atoms with E-state index in [1.54, 1.807) is 53.4 Å². The summed E-state index contributed by atoms with van der Waals surface area (Å²) in [5.41, 5.74) is 2.92. The van der Waals surface area contributed by atoms with Crippen LogP contribution in [-0.4, -0.2) is 62.0 Å². The molecule has 0 aliphatic carbocycles. The van der Waals surface area contributed by atoms with Crippen molar-refractivity contribution in [1.29, 1.82) is 0 Å². The molecule has 4 rings (SSSR count). The van der Waals surface area contributed by atoms with Crippen molar-refractivity contribution in [2.75, 3.05) is 49.5 Å². The van der Waals surface area contributed by atoms with E-state index in [-0.39, 0.29) is 17.8 Å². The molecule has 0 bridgehead atoms. The fourth-order valence-corrected chi connectivity index (χ4v) is 5.12. The molecule has 0 atom stereocenters. The van der Waals surface area contributed by atoms with Crippen LogP contribution < -0.4 is 20.9 Å². The fraction of sp³-hybridized carbons (Fsp3) is 0.276. The molecule has 0 unspecified atom stereocenters. The molecule has 1 fully saturated rings. The van der Waals surface area contributed by atoms with Gasteiger partial charge >= 0.3 is 6.03 Å². The molecule has 40 heavy (non-hydrogen) atoms. The van der Waals surface area contributed by atoms with E-state index in [1.807, 2.05) is 19.1 Å². The lowest BCUT2D eigenvalue weighted by Gasteiger charge is -2.37. The molecule has 1 aliphatic rings. The van der Waals surface area contributed by atoms with E-state index in [2.05, 4.69) is 20.9 Å². The normalized spacial score (nSPS) is 13.1. The van der Waals surface area contributed by atoms with Crippen LogP contribution in [0.25, 0.3) is 0 Å². The molecule has 3 aromatic rings. The molecule has 210 valence electrons. The Kier molecular flexibility index (Phi) is 10.1. The zero-order chi connectivity index (χ0) is 28.6. The number of urea groups is 1. The highest BCUT2D eigenvalue weighted by Crippen LogP contribution is 2.29. The molecular formula is C29H30Cl3N5O3. The van der Waals surface area contributed by atoms with Crippen molar-refractivity contribution in [2.45, 2.75) is 13.3 Å². The number of carbonyl (C=O) groups excluding carboxylic acids is 3. The number of hydrogen-bond donors (Lipinski definition) is 3. The minimum Gasteiger partial charge on any atom is -0.366 e. The Morgan fingerprint density at radius 1 is 0.800 bits per heavy atom. The Hall–Kier alpha value is -3.46. The van der Waals surface area contributed by atoms with Crippen molar-refractivity contribution in [3.63, 3.8) is 0 Å². The van der Waals surface area contributed by atoms with Crippen molar-refractivity contribution < 1.29 is 14.4 Å². The van der Waals surface area contributed by atoms with Crippen LogP contribution in [0.15, 0.2) is 60.7 Å². The van der Waals surface area contributed by atoms with Crippen LogP contribution >= 0.6 is 34.8 Å². The number of benzene rings is 3. The van der Waals surface area contributed by atoms with E-state index in [9.17, 15) is 14.4 Å². The summed E-state index contributed by atoms with van der Waals surface area (Å²) in [6.45, 7) is 5.03. The minimum atomic E-state index is -0.348. The predicted octanol–water partition coefficient (Wildman–Crippen LogP) is 5.72. The Morgan fingerprint density at radius 2 is 1.52 bits per heavy atom. The molecule has 0 radical (unpaired) electrons. The number of nitrogens with one attached hydrogen (secondary N) is 3. The van der Waals surface area contributed by atoms with Gasteiger partial charge in [-0.2, -0.15) is 0 Å². The molecule has 0 spiro atoms. The first-order valence-electron chi connectivity index (χ1n) is 13.0. The lowest BCUT2D eigenvalue weighted by Crippen LogP contribution is -2.52. The van der Waals surface area contributed by atoms with Gasteiger partial charge in [0.05, 0.1) is 11.4 Å². The van der Waals surface area contributed by atoms with E-state index in [0.717, 1.165) is 11.3 Å². The number of halogens is 3. The van der Waals surface area contributed by atoms with Gasteiger partial charge in [-0.05, 0) is 67.4 Å². The number of carbonyl (C=O) groups is 3. The van der Waals surface area contributed by atoms with Crippen LogP contribution in [-0.2, 0) is 6.42 Å². The second-order valence-electron chi connectivity index (χ2n) is 9.25. The van der Waals surface area contributed by atoms with Gasteiger partial charge in [0.2, 0.25) is 0 Å². The molecule has 1 saturated heterocycles. The van der Waals surface area contributed by atoms with Gasteiger partial charge in [-0.25, -0.2) is 4.79 Å². The molecule has 0 aromatic heterocycles. The second-order valence-corrected chi connectivity index (χ2v) is 10.5. The summed E-state index contributed by atoms with van der Waals surface area (Å²) in [5.74, 6) is -0.629. The Bertz CT molecular complexity index is 1390. The number of piperazine rings is 1. The Labute approximate surface area is 248 Å². The molecule has 11 heteroatoms. The topological polar surface area (TPSA) is 93.8 Å². The van der Waals surface area contributed by atoms with Crippen molar-refractivity contribution >= 4 is 64.0 Å². The van der Waals surface area contributed by atoms with Crippen LogP contribution in [0, 0.1) is 0 Å². The Morgan fingerprint density at radius 3 is 2.23 bits per heavy atom. The van der Waals surface area contributed by atoms with Crippen LogP contribution in [0.4, 0.5) is 16.2 Å². The largest absolute Gasteiger partial charge is 0.366 e. The standard InChI is InChI=1S/C29H30Cl3N5O3/c1-2-33-29(40)37-14-12-36(13-15-37)26-9-7-21(17-25(26)35-28(39)20-4-3-5-22(30)16-20)27(38)34-11-10-19-6-8-23(31)18-24(19)32/h3-9,16-18H,2,10-15H2,1H3,(H,33,40)(H,34,38)(H,35,39). The SMILES string of the molecule is CCNC(=O)N1CCN(c2ccc(C(=O)NCCc3ccc(Cl)cc3Cl)cc2NC(=O)c2cccc(Cl)c2)CC1. The van der Waals surface area contributed by atoms with Gasteiger partial charge in [0.25, 0.3) is 11.8 Å². The summed E-state index contributed by atoms with van der Waals surface area (Å²) in [4.78, 5) is 42.2. The molecule has 4 amide bonds. The second kappa shape index (κ2) is 13.7. The molecule has 8 nitrogen and oxygen atoms in total. The highest BCUT2D eigenvalue weighted by Gasteiger charge is 2.24. The highest BCUT2D eigenvalue weighted by atomic mass is 35.5. The number of hydrogen-bond acceptors (Lipinski definition) is 4. The first-order valence-corrected chi connectivity index (χ1v) is 14.1. The average molecular weight is 603 g/mol. The van der Waals surface area contributed by atoms with E-state index in [4.69, 9.17) is 34.8 Å². The third-order valence-corrected chi connectivity index (χ3v) is 7.35. The van der Waals surface area contributed by atoms with Crippen molar-refractivity contribution in [3.05, 3.63) is 92.4 Å². The van der Waals surface area contributed by atoms with Gasteiger partial charge in [0.15, 0.2) is 0 Å². The highest BCUT2D eigenvalue weighted by molar-refractivity contribution is 6.35. The lowest BCUT2D eigenvalue weighted by molar-refractivity contribution is 0.0952. The van der Waals surface area contributed by atoms with Crippen molar-refractivity contribution in [1.82, 2.24) is 15.5 Å². The monoisotopic (exact) mass is 601 g/mol. The lowest BCUT2D eigenvalue weighted by atomic mass is 10.1. The summed E-state index contributed by atoms with van der Waals surface area (Å²) < 4.78 is 0. The minimum absolute atomic E-state index is 0.0939. The van der Waals surface area contributed by atoms with Crippen LogP contribution in [0.1, 0.15) is 33.2 Å². The maximum Gasteiger partial charge on any atom is 0.317 e. The van der Waals surface area contributed by atoms with Gasteiger partial charge in [-0.15, -0.1) is 0 Å². The zero-order valence-electron chi connectivity index (χ0n) is 22.0. The number of anilines is 2. The van der Waals surface area contributed by atoms with Crippen LogP contribution in [0.3, 0.4) is 0 Å². The summed E-state index contributed by atoms with van der Waals surface area (Å²) in [7, 11) is 0. The first kappa shape index (κ1) is 29.5. The zero-order valence-corrected chi connectivity index (χ0v) is 24.2. The average Bonchev–Trinajstić information content (AvgIpc) is 2.94. The molecular weight excluding hydrogens is 573 g/mol. The van der Waals surface area contributed by atoms with E-state index in [0.29, 0.717) is 77.6 Å². The van der Waals surface area contributed by atoms with Crippen LogP contribution in [0.5, 0.6) is 0 Å². The van der Waals surface area contributed by atoms with Gasteiger partial charge < -0.3 is 25.8 Å². The quantitative estimate of drug-likeness (QED) is 0.307. The first-order chi connectivity index (χ1) is 19.2. The van der Waals surface area contributed by atoms with Crippen molar-refractivity contribution in [2.24, 2.45) is 0 Å². The number of nitrogens with zero attached hydrogens (tertiary/aromatic N) is 2. The molecule has 3 aromatic carbocycles. The Balaban J connectivity index is 1.51. The van der Waals surface area contributed by atoms with E-state index < -0.39 is 0 Å². The third-order valence-electron chi connectivity index (χ3n) is 6.52. The summed E-state index contributed by atoms with van der Waals surface area (Å²) >= 11 is 18.3. The number of rotatable bonds is 8. The smallest absolute Gasteiger partial charge is 0.317 e. The van der Waals surface area contributed by atoms with Gasteiger partial charge in [-0.3, -0.25) is 9.59 Å². The van der Waals surface area contributed by atoms with E-state index in [1.165, 1.54) is 0 Å². The van der Waals surface area contributed by atoms with Gasteiger partial charge in [-0.1, -0.05) is 46.9 Å². The summed E-state index contributed by atoms with van der Waals surface area (Å²) in [5, 5.41) is 10.2. The maximum absolute atomic E-state index is 13.1. The van der Waals surface area contributed by atoms with E-state index >= 15 is 0 Å². The maximum atomic E-state index is 13.1. The molecule has 3 N–H and O–H groups in total. The molecule has 0 saturated carbocycles. The molecule has 1 aliphatic heterocycles. The molecule has 1 heterocycles. The number of amides is 4. The van der Waals surface area contributed by atoms with Crippen LogP contribution in [0.2, 0.25) is 15.1 Å². The predicted molar refractivity (Wildman–Crippen MR) is 161 cm³/mol. The van der Waals surface area contributed by atoms with Gasteiger partial charge in [0.1, 0.15) is 0 Å². The fourth-order valence-electron chi connectivity index (χ4n) is 4.43. The van der Waals surface area contributed by atoms with Gasteiger partial charge in [0, 0.05) is 65.5 Å².